The second kappa shape index (κ2) is 7.70. The van der Waals surface area contributed by atoms with Crippen LogP contribution in [0, 0.1) is 5.92 Å². The molecule has 1 aliphatic rings. The second-order valence-electron chi connectivity index (χ2n) is 6.86. The van der Waals surface area contributed by atoms with Crippen LogP contribution in [0.2, 0.25) is 0 Å². The van der Waals surface area contributed by atoms with Gasteiger partial charge in [-0.3, -0.25) is 5.32 Å². The van der Waals surface area contributed by atoms with E-state index in [-0.39, 0.29) is 18.0 Å². The molecule has 1 aromatic carbocycles. The SMILES string of the molecule is CC(C)n1nccc1NC(=O)N1CCC(C(O)c2ccccc2)CC1. The lowest BCUT2D eigenvalue weighted by Gasteiger charge is -2.34. The molecule has 1 atom stereocenters. The number of carbonyl (C=O) groups is 1. The van der Waals surface area contributed by atoms with Crippen molar-refractivity contribution in [2.24, 2.45) is 5.92 Å². The van der Waals surface area contributed by atoms with Crippen LogP contribution >= 0.6 is 0 Å². The average Bonchev–Trinajstić information content (AvgIpc) is 3.10. The molecule has 0 radical (unpaired) electrons. The number of benzene rings is 1. The molecule has 1 aromatic heterocycles. The number of nitrogens with one attached hydrogen (secondary N) is 1. The summed E-state index contributed by atoms with van der Waals surface area (Å²) in [6, 6.07) is 11.6. The number of hydrogen-bond donors (Lipinski definition) is 2. The summed E-state index contributed by atoms with van der Waals surface area (Å²) in [6.07, 6.45) is 2.83. The summed E-state index contributed by atoms with van der Waals surface area (Å²) in [5.74, 6) is 0.902. The van der Waals surface area contributed by atoms with Gasteiger partial charge in [-0.2, -0.15) is 5.10 Å². The predicted molar refractivity (Wildman–Crippen MR) is 97.3 cm³/mol. The molecule has 1 unspecified atom stereocenters. The van der Waals surface area contributed by atoms with Crippen molar-refractivity contribution in [3.05, 3.63) is 48.2 Å². The predicted octanol–water partition coefficient (Wildman–Crippen LogP) is 3.44. The van der Waals surface area contributed by atoms with E-state index in [0.717, 1.165) is 18.4 Å². The minimum Gasteiger partial charge on any atom is -0.388 e. The Bertz CT molecular complexity index is 690. The summed E-state index contributed by atoms with van der Waals surface area (Å²) in [7, 11) is 0. The van der Waals surface area contributed by atoms with E-state index in [2.05, 4.69) is 10.4 Å². The number of carbonyl (C=O) groups excluding carboxylic acids is 1. The van der Waals surface area contributed by atoms with Gasteiger partial charge in [-0.15, -0.1) is 0 Å². The van der Waals surface area contributed by atoms with Gasteiger partial charge >= 0.3 is 6.03 Å². The molecule has 3 rings (SSSR count). The maximum atomic E-state index is 12.5. The molecule has 6 nitrogen and oxygen atoms in total. The van der Waals surface area contributed by atoms with E-state index in [4.69, 9.17) is 0 Å². The van der Waals surface area contributed by atoms with Gasteiger partial charge in [-0.05, 0) is 38.2 Å². The van der Waals surface area contributed by atoms with Gasteiger partial charge in [0.15, 0.2) is 0 Å². The van der Waals surface area contributed by atoms with Gasteiger partial charge < -0.3 is 10.0 Å². The topological polar surface area (TPSA) is 70.4 Å². The first-order valence-corrected chi connectivity index (χ1v) is 8.88. The minimum absolute atomic E-state index is 0.102. The molecule has 1 saturated heterocycles. The summed E-state index contributed by atoms with van der Waals surface area (Å²) in [4.78, 5) is 14.3. The lowest BCUT2D eigenvalue weighted by molar-refractivity contribution is 0.0683. The zero-order valence-corrected chi connectivity index (χ0v) is 14.8. The maximum Gasteiger partial charge on any atom is 0.322 e. The molecule has 6 heteroatoms. The molecule has 134 valence electrons. The van der Waals surface area contributed by atoms with E-state index >= 15 is 0 Å². The van der Waals surface area contributed by atoms with Gasteiger partial charge in [0.2, 0.25) is 0 Å². The number of likely N-dealkylation sites (tertiary alicyclic amines) is 1. The Morgan fingerprint density at radius 1 is 1.20 bits per heavy atom. The second-order valence-corrected chi connectivity index (χ2v) is 6.86. The number of aromatic nitrogens is 2. The van der Waals surface area contributed by atoms with Crippen LogP contribution < -0.4 is 5.32 Å². The van der Waals surface area contributed by atoms with E-state index in [1.165, 1.54) is 0 Å². The fraction of sp³-hybridized carbons (Fsp3) is 0.474. The molecule has 2 heterocycles. The molecule has 2 N–H and O–H groups in total. The van der Waals surface area contributed by atoms with Gasteiger partial charge in [0.1, 0.15) is 5.82 Å². The van der Waals surface area contributed by atoms with Crippen LogP contribution in [0.5, 0.6) is 0 Å². The molecule has 0 bridgehead atoms. The van der Waals surface area contributed by atoms with Gasteiger partial charge in [-0.1, -0.05) is 30.3 Å². The van der Waals surface area contributed by atoms with Crippen molar-refractivity contribution in [1.29, 1.82) is 0 Å². The Kier molecular flexibility index (Phi) is 5.38. The molecular formula is C19H26N4O2. The molecule has 0 aliphatic carbocycles. The lowest BCUT2D eigenvalue weighted by atomic mass is 9.87. The van der Waals surface area contributed by atoms with Crippen molar-refractivity contribution < 1.29 is 9.90 Å². The number of aliphatic hydroxyl groups excluding tert-OH is 1. The quantitative estimate of drug-likeness (QED) is 0.894. The number of rotatable bonds is 4. The monoisotopic (exact) mass is 342 g/mol. The van der Waals surface area contributed by atoms with E-state index in [1.54, 1.807) is 10.9 Å². The summed E-state index contributed by atoms with van der Waals surface area (Å²) in [5.41, 5.74) is 0.950. The fourth-order valence-corrected chi connectivity index (χ4v) is 3.35. The highest BCUT2D eigenvalue weighted by atomic mass is 16.3. The van der Waals surface area contributed by atoms with Crippen LogP contribution in [-0.2, 0) is 0 Å². The summed E-state index contributed by atoms with van der Waals surface area (Å²) < 4.78 is 1.80. The first kappa shape index (κ1) is 17.5. The van der Waals surface area contributed by atoms with Crippen molar-refractivity contribution >= 4 is 11.8 Å². The molecule has 2 amide bonds. The van der Waals surface area contributed by atoms with Crippen LogP contribution in [0.25, 0.3) is 0 Å². The summed E-state index contributed by atoms with van der Waals surface area (Å²) >= 11 is 0. The van der Waals surface area contributed by atoms with E-state index in [1.807, 2.05) is 55.1 Å². The van der Waals surface area contributed by atoms with Crippen LogP contribution in [0.1, 0.15) is 44.4 Å². The van der Waals surface area contributed by atoms with Crippen LogP contribution in [-0.4, -0.2) is 38.9 Å². The van der Waals surface area contributed by atoms with Gasteiger partial charge in [0.05, 0.1) is 12.3 Å². The minimum atomic E-state index is -0.464. The Morgan fingerprint density at radius 2 is 1.88 bits per heavy atom. The van der Waals surface area contributed by atoms with Crippen LogP contribution in [0.4, 0.5) is 10.6 Å². The maximum absolute atomic E-state index is 12.5. The average molecular weight is 342 g/mol. The van der Waals surface area contributed by atoms with Crippen LogP contribution in [0.15, 0.2) is 42.6 Å². The zero-order chi connectivity index (χ0) is 17.8. The van der Waals surface area contributed by atoms with Crippen molar-refractivity contribution in [3.63, 3.8) is 0 Å². The zero-order valence-electron chi connectivity index (χ0n) is 14.8. The normalized spacial score (nSPS) is 16.9. The first-order chi connectivity index (χ1) is 12.1. The molecule has 1 fully saturated rings. The summed E-state index contributed by atoms with van der Waals surface area (Å²) in [6.45, 7) is 5.35. The van der Waals surface area contributed by atoms with Gasteiger partial charge in [0.25, 0.3) is 0 Å². The third kappa shape index (κ3) is 4.02. The number of hydrogen-bond acceptors (Lipinski definition) is 3. The molecular weight excluding hydrogens is 316 g/mol. The number of aliphatic hydroxyl groups is 1. The summed E-state index contributed by atoms with van der Waals surface area (Å²) in [5, 5.41) is 17.7. The van der Waals surface area contributed by atoms with E-state index in [9.17, 15) is 9.90 Å². The van der Waals surface area contributed by atoms with Gasteiger partial charge in [0, 0.05) is 25.2 Å². The largest absolute Gasteiger partial charge is 0.388 e. The van der Waals surface area contributed by atoms with Crippen molar-refractivity contribution in [2.45, 2.75) is 38.8 Å². The standard InChI is InChI=1S/C19H26N4O2/c1-14(2)23-17(8-11-20-23)21-19(25)22-12-9-16(10-13-22)18(24)15-6-4-3-5-7-15/h3-8,11,14,16,18,24H,9-10,12-13H2,1-2H3,(H,21,25). The fourth-order valence-electron chi connectivity index (χ4n) is 3.35. The van der Waals surface area contributed by atoms with Crippen molar-refractivity contribution in [2.75, 3.05) is 18.4 Å². The van der Waals surface area contributed by atoms with Crippen molar-refractivity contribution in [3.8, 4) is 0 Å². The molecule has 2 aromatic rings. The number of anilines is 1. The number of urea groups is 1. The third-order valence-electron chi connectivity index (χ3n) is 4.81. The Labute approximate surface area is 148 Å². The smallest absolute Gasteiger partial charge is 0.322 e. The number of amides is 2. The highest BCUT2D eigenvalue weighted by molar-refractivity contribution is 5.88. The first-order valence-electron chi connectivity index (χ1n) is 8.88. The lowest BCUT2D eigenvalue weighted by Crippen LogP contribution is -2.42. The van der Waals surface area contributed by atoms with E-state index < -0.39 is 6.10 Å². The molecule has 0 saturated carbocycles. The number of nitrogens with zero attached hydrogens (tertiary/aromatic N) is 3. The highest BCUT2D eigenvalue weighted by Crippen LogP contribution is 2.30. The highest BCUT2D eigenvalue weighted by Gasteiger charge is 2.28. The molecule has 25 heavy (non-hydrogen) atoms. The number of piperidine rings is 1. The van der Waals surface area contributed by atoms with E-state index in [0.29, 0.717) is 18.9 Å². The Hall–Kier alpha value is -2.34. The van der Waals surface area contributed by atoms with Gasteiger partial charge in [-0.25, -0.2) is 9.48 Å². The molecule has 0 spiro atoms. The third-order valence-corrected chi connectivity index (χ3v) is 4.81. The van der Waals surface area contributed by atoms with Crippen molar-refractivity contribution in [1.82, 2.24) is 14.7 Å². The van der Waals surface area contributed by atoms with Crippen LogP contribution in [0.3, 0.4) is 0 Å². The molecule has 1 aliphatic heterocycles. The Balaban J connectivity index is 1.55. The Morgan fingerprint density at radius 3 is 2.52 bits per heavy atom.